The van der Waals surface area contributed by atoms with Gasteiger partial charge in [-0.1, -0.05) is 54.6 Å². The molecule has 30 heavy (non-hydrogen) atoms. The third-order valence-corrected chi connectivity index (χ3v) is 5.11. The van der Waals surface area contributed by atoms with Gasteiger partial charge in [-0.25, -0.2) is 0 Å². The molecule has 0 saturated carbocycles. The lowest BCUT2D eigenvalue weighted by molar-refractivity contribution is -0.137. The highest BCUT2D eigenvalue weighted by atomic mass is 16.5. The summed E-state index contributed by atoms with van der Waals surface area (Å²) in [7, 11) is 3.08. The van der Waals surface area contributed by atoms with Crippen molar-refractivity contribution in [1.29, 1.82) is 0 Å². The van der Waals surface area contributed by atoms with Crippen LogP contribution in [0.2, 0.25) is 0 Å². The second-order valence-corrected chi connectivity index (χ2v) is 6.86. The average molecular weight is 402 g/mol. The van der Waals surface area contributed by atoms with Crippen molar-refractivity contribution in [2.75, 3.05) is 32.7 Å². The predicted molar refractivity (Wildman–Crippen MR) is 116 cm³/mol. The molecule has 1 aliphatic heterocycles. The fraction of sp³-hybridized carbons (Fsp3) is 0.167. The van der Waals surface area contributed by atoms with Crippen LogP contribution >= 0.6 is 0 Å². The van der Waals surface area contributed by atoms with Gasteiger partial charge in [-0.2, -0.15) is 0 Å². The highest BCUT2D eigenvalue weighted by Gasteiger charge is 2.40. The number of imide groups is 1. The lowest BCUT2D eigenvalue weighted by Crippen LogP contribution is -2.35. The first-order valence-corrected chi connectivity index (χ1v) is 9.63. The van der Waals surface area contributed by atoms with Crippen LogP contribution in [0.4, 0.5) is 5.69 Å². The number of amides is 2. The van der Waals surface area contributed by atoms with E-state index in [1.54, 1.807) is 19.2 Å². The first kappa shape index (κ1) is 19.7. The molecule has 0 spiro atoms. The lowest BCUT2D eigenvalue weighted by Gasteiger charge is -2.15. The molecular weight excluding hydrogens is 380 g/mol. The number of anilines is 1. The van der Waals surface area contributed by atoms with E-state index < -0.39 is 0 Å². The Bertz CT molecular complexity index is 1150. The van der Waals surface area contributed by atoms with Crippen LogP contribution < -0.4 is 10.1 Å². The number of ether oxygens (including phenoxy) is 2. The largest absolute Gasteiger partial charge is 0.496 e. The number of nitrogens with zero attached hydrogens (tertiary/aromatic N) is 1. The molecule has 6 heteroatoms. The Morgan fingerprint density at radius 2 is 1.60 bits per heavy atom. The molecule has 4 rings (SSSR count). The standard InChI is InChI=1S/C24H22N2O4/c1-29-15-14-26-23(27)21(18-11-5-6-13-20(18)30-2)22(24(26)28)25-19-12-7-9-16-8-3-4-10-17(16)19/h3-13,25H,14-15H2,1-2H3. The number of nitrogens with one attached hydrogen (secondary N) is 1. The van der Waals surface area contributed by atoms with E-state index >= 15 is 0 Å². The highest BCUT2D eigenvalue weighted by Crippen LogP contribution is 2.36. The first-order chi connectivity index (χ1) is 14.7. The van der Waals surface area contributed by atoms with Gasteiger partial charge in [0.15, 0.2) is 0 Å². The molecular formula is C24H22N2O4. The van der Waals surface area contributed by atoms with Crippen molar-refractivity contribution in [2.24, 2.45) is 0 Å². The molecule has 1 heterocycles. The number of para-hydroxylation sites is 1. The molecule has 0 fully saturated rings. The van der Waals surface area contributed by atoms with E-state index in [-0.39, 0.29) is 30.7 Å². The molecule has 152 valence electrons. The quantitative estimate of drug-likeness (QED) is 0.611. The van der Waals surface area contributed by atoms with Crippen molar-refractivity contribution >= 4 is 33.8 Å². The van der Waals surface area contributed by atoms with Crippen molar-refractivity contribution in [3.63, 3.8) is 0 Å². The van der Waals surface area contributed by atoms with Gasteiger partial charge in [0.05, 0.1) is 25.8 Å². The van der Waals surface area contributed by atoms with Crippen LogP contribution in [0.3, 0.4) is 0 Å². The molecule has 3 aromatic carbocycles. The van der Waals surface area contributed by atoms with Crippen molar-refractivity contribution in [3.8, 4) is 5.75 Å². The monoisotopic (exact) mass is 402 g/mol. The van der Waals surface area contributed by atoms with E-state index in [1.165, 1.54) is 12.0 Å². The van der Waals surface area contributed by atoms with E-state index in [0.29, 0.717) is 16.9 Å². The smallest absolute Gasteiger partial charge is 0.278 e. The Kier molecular flexibility index (Phi) is 5.50. The van der Waals surface area contributed by atoms with Crippen LogP contribution in [-0.4, -0.2) is 44.1 Å². The second-order valence-electron chi connectivity index (χ2n) is 6.86. The van der Waals surface area contributed by atoms with Gasteiger partial charge in [0.25, 0.3) is 11.8 Å². The van der Waals surface area contributed by atoms with Crippen LogP contribution in [0, 0.1) is 0 Å². The van der Waals surface area contributed by atoms with Gasteiger partial charge in [0.1, 0.15) is 11.4 Å². The number of carbonyl (C=O) groups excluding carboxylic acids is 2. The Hall–Kier alpha value is -3.64. The zero-order chi connectivity index (χ0) is 21.1. The van der Waals surface area contributed by atoms with Gasteiger partial charge < -0.3 is 14.8 Å². The average Bonchev–Trinajstić information content (AvgIpc) is 3.01. The van der Waals surface area contributed by atoms with Crippen molar-refractivity contribution in [3.05, 3.63) is 78.0 Å². The summed E-state index contributed by atoms with van der Waals surface area (Å²) in [5.74, 6) is -0.227. The molecule has 0 atom stereocenters. The van der Waals surface area contributed by atoms with Gasteiger partial charge in [-0.3, -0.25) is 14.5 Å². The van der Waals surface area contributed by atoms with Crippen LogP contribution in [-0.2, 0) is 14.3 Å². The summed E-state index contributed by atoms with van der Waals surface area (Å²) >= 11 is 0. The Balaban J connectivity index is 1.85. The molecule has 2 amide bonds. The third kappa shape index (κ3) is 3.42. The summed E-state index contributed by atoms with van der Waals surface area (Å²) in [6.45, 7) is 0.436. The maximum absolute atomic E-state index is 13.3. The van der Waals surface area contributed by atoms with Crippen LogP contribution in [0.5, 0.6) is 5.75 Å². The number of methoxy groups -OCH3 is 2. The topological polar surface area (TPSA) is 67.9 Å². The van der Waals surface area contributed by atoms with Crippen LogP contribution in [0.25, 0.3) is 16.3 Å². The summed E-state index contributed by atoms with van der Waals surface area (Å²) in [5.41, 5.74) is 1.85. The molecule has 1 N–H and O–H groups in total. The molecule has 0 unspecified atom stereocenters. The Morgan fingerprint density at radius 1 is 0.867 bits per heavy atom. The second kappa shape index (κ2) is 8.39. The van der Waals surface area contributed by atoms with Gasteiger partial charge in [-0.05, 0) is 17.5 Å². The first-order valence-electron chi connectivity index (χ1n) is 9.63. The fourth-order valence-electron chi connectivity index (χ4n) is 3.65. The summed E-state index contributed by atoms with van der Waals surface area (Å²) in [6.07, 6.45) is 0. The minimum absolute atomic E-state index is 0.174. The maximum Gasteiger partial charge on any atom is 0.278 e. The zero-order valence-corrected chi connectivity index (χ0v) is 16.8. The third-order valence-electron chi connectivity index (χ3n) is 5.11. The van der Waals surface area contributed by atoms with Crippen LogP contribution in [0.15, 0.2) is 72.4 Å². The SMILES string of the molecule is COCCN1C(=O)C(Nc2cccc3ccccc23)=C(c2ccccc2OC)C1=O. The summed E-state index contributed by atoms with van der Waals surface area (Å²) < 4.78 is 10.5. The van der Waals surface area contributed by atoms with Crippen LogP contribution in [0.1, 0.15) is 5.56 Å². The maximum atomic E-state index is 13.3. The Labute approximate surface area is 174 Å². The summed E-state index contributed by atoms with van der Waals surface area (Å²) in [4.78, 5) is 27.7. The summed E-state index contributed by atoms with van der Waals surface area (Å²) in [6, 6.07) is 20.9. The van der Waals surface area contributed by atoms with Crippen molar-refractivity contribution < 1.29 is 19.1 Å². The molecule has 6 nitrogen and oxygen atoms in total. The molecule has 0 aromatic heterocycles. The number of rotatable bonds is 7. The Morgan fingerprint density at radius 3 is 2.40 bits per heavy atom. The van der Waals surface area contributed by atoms with E-state index in [0.717, 1.165) is 16.5 Å². The zero-order valence-electron chi connectivity index (χ0n) is 16.8. The minimum atomic E-state index is -0.383. The van der Waals surface area contributed by atoms with E-state index in [4.69, 9.17) is 9.47 Å². The van der Waals surface area contributed by atoms with Gasteiger partial charge in [-0.15, -0.1) is 0 Å². The number of hydrogen-bond acceptors (Lipinski definition) is 5. The van der Waals surface area contributed by atoms with Crippen molar-refractivity contribution in [1.82, 2.24) is 4.90 Å². The van der Waals surface area contributed by atoms with E-state index in [2.05, 4.69) is 5.32 Å². The molecule has 0 aliphatic carbocycles. The van der Waals surface area contributed by atoms with Gasteiger partial charge in [0, 0.05) is 23.7 Å². The number of carbonyl (C=O) groups is 2. The summed E-state index contributed by atoms with van der Waals surface area (Å²) in [5, 5.41) is 5.24. The molecule has 0 saturated heterocycles. The fourth-order valence-corrected chi connectivity index (χ4v) is 3.65. The predicted octanol–water partition coefficient (Wildman–Crippen LogP) is 3.69. The normalized spacial score (nSPS) is 14.0. The lowest BCUT2D eigenvalue weighted by atomic mass is 10.0. The molecule has 0 bridgehead atoms. The molecule has 1 aliphatic rings. The minimum Gasteiger partial charge on any atom is -0.496 e. The number of hydrogen-bond donors (Lipinski definition) is 1. The molecule has 0 radical (unpaired) electrons. The van der Waals surface area contributed by atoms with Crippen molar-refractivity contribution in [2.45, 2.75) is 0 Å². The van der Waals surface area contributed by atoms with E-state index in [1.807, 2.05) is 54.6 Å². The molecule has 3 aromatic rings. The highest BCUT2D eigenvalue weighted by molar-refractivity contribution is 6.37. The van der Waals surface area contributed by atoms with E-state index in [9.17, 15) is 9.59 Å². The number of benzene rings is 3. The van der Waals surface area contributed by atoms with Gasteiger partial charge in [0.2, 0.25) is 0 Å². The van der Waals surface area contributed by atoms with Gasteiger partial charge >= 0.3 is 0 Å². The number of fused-ring (bicyclic) bond motifs is 1.